The Morgan fingerprint density at radius 3 is 2.35 bits per heavy atom. The maximum atomic E-state index is 13.4. The Balaban J connectivity index is 1.63. The molecule has 1 saturated heterocycles. The third kappa shape index (κ3) is 6.72. The summed E-state index contributed by atoms with van der Waals surface area (Å²) in [6.07, 6.45) is 1.60. The summed E-state index contributed by atoms with van der Waals surface area (Å²) in [4.78, 5) is 13.2. The molecular formula is C26H23ClF2N2O5S. The van der Waals surface area contributed by atoms with Gasteiger partial charge in [-0.15, -0.1) is 0 Å². The monoisotopic (exact) mass is 548 g/mol. The molecule has 0 aliphatic carbocycles. The van der Waals surface area contributed by atoms with E-state index in [-0.39, 0.29) is 53.2 Å². The van der Waals surface area contributed by atoms with Gasteiger partial charge in [-0.25, -0.2) is 8.42 Å². The molecule has 7 nitrogen and oxygen atoms in total. The van der Waals surface area contributed by atoms with Gasteiger partial charge in [0.15, 0.2) is 0 Å². The zero-order valence-corrected chi connectivity index (χ0v) is 21.0. The number of carbonyl (C=O) groups excluding carboxylic acids is 1. The number of rotatable bonds is 8. The van der Waals surface area contributed by atoms with Crippen molar-refractivity contribution in [3.05, 3.63) is 88.9 Å². The lowest BCUT2D eigenvalue weighted by molar-refractivity contribution is -0.111. The summed E-state index contributed by atoms with van der Waals surface area (Å²) in [5.41, 5.74) is 1.68. The van der Waals surface area contributed by atoms with Gasteiger partial charge >= 0.3 is 6.61 Å². The molecule has 0 saturated carbocycles. The third-order valence-corrected chi connectivity index (χ3v) is 7.90. The van der Waals surface area contributed by atoms with Gasteiger partial charge < -0.3 is 14.8 Å². The molecule has 0 atom stereocenters. The van der Waals surface area contributed by atoms with Crippen LogP contribution in [0.3, 0.4) is 0 Å². The lowest BCUT2D eigenvalue weighted by Gasteiger charge is -2.26. The topological polar surface area (TPSA) is 84.9 Å². The number of hydrogen-bond donors (Lipinski definition) is 1. The van der Waals surface area contributed by atoms with Crippen molar-refractivity contribution in [1.29, 1.82) is 0 Å². The normalized spacial score (nSPS) is 15.0. The second-order valence-corrected chi connectivity index (χ2v) is 10.3. The maximum absolute atomic E-state index is 13.4. The molecule has 0 aromatic heterocycles. The molecule has 3 aromatic rings. The minimum Gasteiger partial charge on any atom is -0.435 e. The summed E-state index contributed by atoms with van der Waals surface area (Å²) >= 11 is 6.23. The van der Waals surface area contributed by atoms with E-state index in [4.69, 9.17) is 16.3 Å². The number of alkyl halides is 2. The van der Waals surface area contributed by atoms with Crippen molar-refractivity contribution in [2.75, 3.05) is 31.6 Å². The van der Waals surface area contributed by atoms with Crippen LogP contribution in [0.4, 0.5) is 14.5 Å². The van der Waals surface area contributed by atoms with E-state index in [1.54, 1.807) is 48.5 Å². The fourth-order valence-electron chi connectivity index (χ4n) is 3.71. The van der Waals surface area contributed by atoms with Crippen LogP contribution in [0.2, 0.25) is 5.02 Å². The van der Waals surface area contributed by atoms with Crippen molar-refractivity contribution < 1.29 is 31.5 Å². The Hall–Kier alpha value is -3.31. The number of nitrogens with zero attached hydrogens (tertiary/aromatic N) is 1. The number of nitrogens with one attached hydrogen (secondary N) is 1. The van der Waals surface area contributed by atoms with Crippen LogP contribution in [0, 0.1) is 0 Å². The van der Waals surface area contributed by atoms with E-state index in [1.807, 2.05) is 0 Å². The zero-order valence-electron chi connectivity index (χ0n) is 19.4. The Morgan fingerprint density at radius 1 is 1.03 bits per heavy atom. The number of sulfonamides is 1. The van der Waals surface area contributed by atoms with Crippen LogP contribution in [-0.2, 0) is 19.6 Å². The summed E-state index contributed by atoms with van der Waals surface area (Å²) in [6, 6.07) is 18.9. The quantitative estimate of drug-likeness (QED) is 0.311. The van der Waals surface area contributed by atoms with Gasteiger partial charge in [-0.05, 0) is 47.5 Å². The molecule has 11 heteroatoms. The standard InChI is InChI=1S/C26H23ClF2N2O5S/c27-23-11-8-20(17-24(23)37(33,34)31-12-14-35-15-13-31)30-25(32)22(19-4-2-1-3-5-19)16-18-6-9-21(10-7-18)36-26(28)29/h1-11,16-17,26H,12-15H2,(H,30,32). The molecule has 3 aromatic carbocycles. The molecule has 1 amide bonds. The van der Waals surface area contributed by atoms with E-state index in [2.05, 4.69) is 10.1 Å². The van der Waals surface area contributed by atoms with Crippen molar-refractivity contribution in [1.82, 2.24) is 4.31 Å². The molecule has 194 valence electrons. The predicted octanol–water partition coefficient (Wildman–Crippen LogP) is 5.14. The lowest BCUT2D eigenvalue weighted by atomic mass is 10.0. The van der Waals surface area contributed by atoms with Crippen LogP contribution in [-0.4, -0.2) is 51.5 Å². The van der Waals surface area contributed by atoms with E-state index < -0.39 is 22.5 Å². The first-order valence-electron chi connectivity index (χ1n) is 11.2. The zero-order chi connectivity index (χ0) is 26.4. The van der Waals surface area contributed by atoms with Gasteiger partial charge in [-0.1, -0.05) is 54.1 Å². The summed E-state index contributed by atoms with van der Waals surface area (Å²) in [6.45, 7) is -1.96. The first-order valence-corrected chi connectivity index (χ1v) is 13.1. The van der Waals surface area contributed by atoms with E-state index in [0.29, 0.717) is 11.1 Å². The Kier molecular flexibility index (Phi) is 8.55. The molecule has 1 N–H and O–H groups in total. The average Bonchev–Trinajstić information content (AvgIpc) is 2.90. The van der Waals surface area contributed by atoms with Crippen LogP contribution in [0.25, 0.3) is 11.6 Å². The maximum Gasteiger partial charge on any atom is 0.387 e. The van der Waals surface area contributed by atoms with Crippen LogP contribution in [0.1, 0.15) is 11.1 Å². The molecule has 1 fully saturated rings. The van der Waals surface area contributed by atoms with Crippen molar-refractivity contribution in [3.63, 3.8) is 0 Å². The number of ether oxygens (including phenoxy) is 2. The van der Waals surface area contributed by atoms with Crippen molar-refractivity contribution in [3.8, 4) is 5.75 Å². The number of hydrogen-bond acceptors (Lipinski definition) is 5. The molecular weight excluding hydrogens is 526 g/mol. The van der Waals surface area contributed by atoms with Crippen molar-refractivity contribution >= 4 is 44.9 Å². The van der Waals surface area contributed by atoms with Crippen LogP contribution >= 0.6 is 11.6 Å². The molecule has 0 spiro atoms. The van der Waals surface area contributed by atoms with Gasteiger partial charge in [0, 0.05) is 24.4 Å². The van der Waals surface area contributed by atoms with Gasteiger partial charge in [0.25, 0.3) is 5.91 Å². The first-order chi connectivity index (χ1) is 17.7. The smallest absolute Gasteiger partial charge is 0.387 e. The molecule has 1 heterocycles. The average molecular weight is 549 g/mol. The summed E-state index contributed by atoms with van der Waals surface area (Å²) < 4.78 is 62.1. The van der Waals surface area contributed by atoms with E-state index in [9.17, 15) is 22.0 Å². The summed E-state index contributed by atoms with van der Waals surface area (Å²) in [7, 11) is -3.89. The van der Waals surface area contributed by atoms with Crippen LogP contribution in [0.15, 0.2) is 77.7 Å². The second kappa shape index (κ2) is 11.8. The molecule has 0 radical (unpaired) electrons. The first kappa shape index (κ1) is 26.7. The fourth-order valence-corrected chi connectivity index (χ4v) is 5.62. The lowest BCUT2D eigenvalue weighted by Crippen LogP contribution is -2.40. The van der Waals surface area contributed by atoms with Gasteiger partial charge in [0.05, 0.1) is 18.2 Å². The Bertz CT molecular complexity index is 1380. The van der Waals surface area contributed by atoms with Gasteiger partial charge in [-0.2, -0.15) is 13.1 Å². The minimum atomic E-state index is -3.89. The highest BCUT2D eigenvalue weighted by Crippen LogP contribution is 2.29. The van der Waals surface area contributed by atoms with E-state index in [0.717, 1.165) is 0 Å². The van der Waals surface area contributed by atoms with Crippen LogP contribution in [0.5, 0.6) is 5.75 Å². The number of benzene rings is 3. The highest BCUT2D eigenvalue weighted by molar-refractivity contribution is 7.89. The highest BCUT2D eigenvalue weighted by Gasteiger charge is 2.29. The van der Waals surface area contributed by atoms with Gasteiger partial charge in [0.2, 0.25) is 10.0 Å². The minimum absolute atomic E-state index is 0.00645. The number of halogens is 3. The fraction of sp³-hybridized carbons (Fsp3) is 0.192. The van der Waals surface area contributed by atoms with Gasteiger partial charge in [-0.3, -0.25) is 4.79 Å². The molecule has 0 unspecified atom stereocenters. The Labute approximate surface area is 218 Å². The highest BCUT2D eigenvalue weighted by atomic mass is 35.5. The SMILES string of the molecule is O=C(Nc1ccc(Cl)c(S(=O)(=O)N2CCOCC2)c1)C(=Cc1ccc(OC(F)F)cc1)c1ccccc1. The molecule has 1 aliphatic heterocycles. The number of amides is 1. The van der Waals surface area contributed by atoms with Crippen molar-refractivity contribution in [2.24, 2.45) is 0 Å². The third-order valence-electron chi connectivity index (χ3n) is 5.52. The molecule has 4 rings (SSSR count). The second-order valence-electron chi connectivity index (χ2n) is 7.99. The molecule has 37 heavy (non-hydrogen) atoms. The summed E-state index contributed by atoms with van der Waals surface area (Å²) in [5, 5.41) is 2.78. The van der Waals surface area contributed by atoms with Crippen molar-refractivity contribution in [2.45, 2.75) is 11.5 Å². The Morgan fingerprint density at radius 2 is 1.70 bits per heavy atom. The number of anilines is 1. The molecule has 1 aliphatic rings. The van der Waals surface area contributed by atoms with Gasteiger partial charge in [0.1, 0.15) is 10.6 Å². The van der Waals surface area contributed by atoms with E-state index in [1.165, 1.54) is 34.6 Å². The summed E-state index contributed by atoms with van der Waals surface area (Å²) in [5.74, 6) is -0.510. The molecule has 0 bridgehead atoms. The number of morpholine rings is 1. The predicted molar refractivity (Wildman–Crippen MR) is 137 cm³/mol. The largest absolute Gasteiger partial charge is 0.435 e. The van der Waals surface area contributed by atoms with Crippen LogP contribution < -0.4 is 10.1 Å². The number of carbonyl (C=O) groups is 1. The van der Waals surface area contributed by atoms with E-state index >= 15 is 0 Å².